The van der Waals surface area contributed by atoms with Crippen LogP contribution in [0.25, 0.3) is 28.0 Å². The predicted molar refractivity (Wildman–Crippen MR) is 126 cm³/mol. The summed E-state index contributed by atoms with van der Waals surface area (Å²) in [5, 5.41) is 28.9. The standard InChI is InChI=1S/C23H23N7OS/c1-23(2,3)15-10-8-14(9-11-15)21-28-29-22(30(21)25)32-13-19(31)16(12-24)20-26-17-6-4-5-7-18(17)27-20/h4-11,31H,13,25H2,1-3H3,(H,26,27)/b19-16-. The number of H-pyrrole nitrogens is 1. The number of fused-ring (bicyclic) bond motifs is 1. The Morgan fingerprint density at radius 2 is 1.88 bits per heavy atom. The van der Waals surface area contributed by atoms with Crippen LogP contribution in [-0.2, 0) is 5.41 Å². The molecule has 0 bridgehead atoms. The Labute approximate surface area is 189 Å². The van der Waals surface area contributed by atoms with Crippen molar-refractivity contribution >= 4 is 28.4 Å². The maximum Gasteiger partial charge on any atom is 0.210 e. The molecule has 162 valence electrons. The quantitative estimate of drug-likeness (QED) is 0.179. The highest BCUT2D eigenvalue weighted by molar-refractivity contribution is 7.99. The zero-order valence-electron chi connectivity index (χ0n) is 18.0. The van der Waals surface area contributed by atoms with E-state index in [-0.39, 0.29) is 22.5 Å². The highest BCUT2D eigenvalue weighted by Gasteiger charge is 2.18. The number of aliphatic hydroxyl groups is 1. The predicted octanol–water partition coefficient (Wildman–Crippen LogP) is 4.42. The van der Waals surface area contributed by atoms with Crippen LogP contribution in [0.4, 0.5) is 0 Å². The molecular formula is C23H23N7OS. The maximum atomic E-state index is 10.5. The molecule has 0 radical (unpaired) electrons. The van der Waals surface area contributed by atoms with Gasteiger partial charge in [0.25, 0.3) is 0 Å². The first-order valence-electron chi connectivity index (χ1n) is 9.99. The summed E-state index contributed by atoms with van der Waals surface area (Å²) in [7, 11) is 0. The zero-order chi connectivity index (χ0) is 22.9. The highest BCUT2D eigenvalue weighted by atomic mass is 32.2. The molecule has 0 spiro atoms. The van der Waals surface area contributed by atoms with Crippen molar-refractivity contribution in [1.82, 2.24) is 24.8 Å². The summed E-state index contributed by atoms with van der Waals surface area (Å²) >= 11 is 1.19. The number of nitrogens with zero attached hydrogens (tertiary/aromatic N) is 5. The third-order valence-corrected chi connectivity index (χ3v) is 5.99. The Morgan fingerprint density at radius 3 is 2.53 bits per heavy atom. The third-order valence-electron chi connectivity index (χ3n) is 5.04. The molecule has 9 heteroatoms. The Morgan fingerprint density at radius 1 is 1.16 bits per heavy atom. The summed E-state index contributed by atoms with van der Waals surface area (Å²) < 4.78 is 1.39. The summed E-state index contributed by atoms with van der Waals surface area (Å²) in [4.78, 5) is 7.44. The lowest BCUT2D eigenvalue weighted by Gasteiger charge is -2.19. The fraction of sp³-hybridized carbons (Fsp3) is 0.217. The van der Waals surface area contributed by atoms with Gasteiger partial charge < -0.3 is 15.9 Å². The molecule has 0 aliphatic rings. The van der Waals surface area contributed by atoms with Crippen LogP contribution in [0.1, 0.15) is 32.2 Å². The molecule has 0 amide bonds. The van der Waals surface area contributed by atoms with E-state index in [0.717, 1.165) is 16.6 Å². The summed E-state index contributed by atoms with van der Waals surface area (Å²) in [6, 6.07) is 17.5. The Bertz CT molecular complexity index is 1300. The van der Waals surface area contributed by atoms with Gasteiger partial charge in [-0.2, -0.15) is 5.26 Å². The van der Waals surface area contributed by atoms with Gasteiger partial charge in [-0.15, -0.1) is 10.2 Å². The van der Waals surface area contributed by atoms with Gasteiger partial charge in [-0.1, -0.05) is 68.9 Å². The lowest BCUT2D eigenvalue weighted by atomic mass is 9.87. The van der Waals surface area contributed by atoms with Gasteiger partial charge in [0, 0.05) is 5.56 Å². The van der Waals surface area contributed by atoms with Crippen LogP contribution in [0, 0.1) is 11.3 Å². The number of nitrogens with one attached hydrogen (secondary N) is 1. The summed E-state index contributed by atoms with van der Waals surface area (Å²) in [5.41, 5.74) is 3.70. The number of allylic oxidation sites excluding steroid dienone is 1. The molecule has 4 N–H and O–H groups in total. The van der Waals surface area contributed by atoms with Crippen LogP contribution >= 0.6 is 11.8 Å². The highest BCUT2D eigenvalue weighted by Crippen LogP contribution is 2.28. The van der Waals surface area contributed by atoms with Gasteiger partial charge in [0.15, 0.2) is 11.6 Å². The summed E-state index contributed by atoms with van der Waals surface area (Å²) in [6.45, 7) is 6.47. The monoisotopic (exact) mass is 445 g/mol. The second-order valence-corrected chi connectivity index (χ2v) is 9.27. The minimum absolute atomic E-state index is 0.0537. The average molecular weight is 446 g/mol. The number of aromatic nitrogens is 5. The maximum absolute atomic E-state index is 10.5. The molecule has 8 nitrogen and oxygen atoms in total. The van der Waals surface area contributed by atoms with Gasteiger partial charge in [-0.05, 0) is 23.1 Å². The number of benzene rings is 2. The number of aliphatic hydroxyl groups excluding tert-OH is 1. The van der Waals surface area contributed by atoms with Crippen LogP contribution in [0.3, 0.4) is 0 Å². The minimum atomic E-state index is -0.115. The van der Waals surface area contributed by atoms with Crippen molar-refractivity contribution in [1.29, 1.82) is 5.26 Å². The molecule has 0 aliphatic carbocycles. The van der Waals surface area contributed by atoms with Crippen LogP contribution in [0.15, 0.2) is 59.4 Å². The number of thioether (sulfide) groups is 1. The zero-order valence-corrected chi connectivity index (χ0v) is 18.8. The normalized spacial score (nSPS) is 12.6. The van der Waals surface area contributed by atoms with Crippen molar-refractivity contribution in [3.8, 4) is 17.5 Å². The van der Waals surface area contributed by atoms with E-state index in [2.05, 4.69) is 53.1 Å². The molecule has 0 atom stereocenters. The van der Waals surface area contributed by atoms with Crippen molar-refractivity contribution < 1.29 is 5.11 Å². The Hall–Kier alpha value is -3.77. The lowest BCUT2D eigenvalue weighted by Crippen LogP contribution is -2.13. The topological polar surface area (TPSA) is 129 Å². The molecule has 0 saturated carbocycles. The van der Waals surface area contributed by atoms with Crippen molar-refractivity contribution in [2.24, 2.45) is 0 Å². The van der Waals surface area contributed by atoms with Crippen molar-refractivity contribution in [2.75, 3.05) is 11.6 Å². The number of nitrogens with two attached hydrogens (primary N) is 1. The number of para-hydroxylation sites is 2. The number of imidazole rings is 1. The molecule has 0 unspecified atom stereocenters. The number of hydrogen-bond donors (Lipinski definition) is 3. The first kappa shape index (κ1) is 21.5. The SMILES string of the molecule is CC(C)(C)c1ccc(-c2nnc(SC/C(O)=C(\C#N)c3nc4ccccc4[nH]3)n2N)cc1. The second-order valence-electron chi connectivity index (χ2n) is 8.33. The third kappa shape index (κ3) is 4.18. The Kier molecular flexibility index (Phi) is 5.63. The van der Waals surface area contributed by atoms with Gasteiger partial charge in [0.1, 0.15) is 17.4 Å². The van der Waals surface area contributed by atoms with Crippen molar-refractivity contribution in [2.45, 2.75) is 31.3 Å². The average Bonchev–Trinajstić information content (AvgIpc) is 3.35. The van der Waals surface area contributed by atoms with E-state index in [1.807, 2.05) is 42.5 Å². The van der Waals surface area contributed by atoms with Crippen LogP contribution in [-0.4, -0.2) is 35.7 Å². The van der Waals surface area contributed by atoms with E-state index in [1.54, 1.807) is 0 Å². The van der Waals surface area contributed by atoms with Crippen LogP contribution in [0.5, 0.6) is 0 Å². The van der Waals surface area contributed by atoms with Gasteiger partial charge >= 0.3 is 0 Å². The van der Waals surface area contributed by atoms with Gasteiger partial charge in [-0.3, -0.25) is 0 Å². The van der Waals surface area contributed by atoms with Crippen molar-refractivity contribution in [3.05, 3.63) is 65.7 Å². The summed E-state index contributed by atoms with van der Waals surface area (Å²) in [5.74, 6) is 7.03. The number of nitrogen functional groups attached to an aromatic ring is 1. The first-order valence-corrected chi connectivity index (χ1v) is 11.0. The molecule has 2 heterocycles. The van der Waals surface area contributed by atoms with E-state index in [1.165, 1.54) is 22.0 Å². The fourth-order valence-electron chi connectivity index (χ4n) is 3.22. The molecule has 0 fully saturated rings. The first-order chi connectivity index (χ1) is 15.3. The minimum Gasteiger partial charge on any atom is -0.510 e. The lowest BCUT2D eigenvalue weighted by molar-refractivity contribution is 0.420. The van der Waals surface area contributed by atoms with Crippen LogP contribution in [0.2, 0.25) is 0 Å². The van der Waals surface area contributed by atoms with Crippen LogP contribution < -0.4 is 5.84 Å². The smallest absolute Gasteiger partial charge is 0.210 e. The number of aromatic amines is 1. The fourth-order valence-corrected chi connectivity index (χ4v) is 3.96. The van der Waals surface area contributed by atoms with E-state index in [4.69, 9.17) is 5.84 Å². The van der Waals surface area contributed by atoms with E-state index in [9.17, 15) is 10.4 Å². The van der Waals surface area contributed by atoms with Gasteiger partial charge in [-0.25, -0.2) is 9.66 Å². The molecule has 2 aromatic carbocycles. The molecule has 0 aliphatic heterocycles. The second kappa shape index (κ2) is 8.40. The number of hydrogen-bond acceptors (Lipinski definition) is 7. The van der Waals surface area contributed by atoms with Gasteiger partial charge in [0.2, 0.25) is 5.16 Å². The van der Waals surface area contributed by atoms with Gasteiger partial charge in [0.05, 0.1) is 16.8 Å². The van der Waals surface area contributed by atoms with Crippen molar-refractivity contribution in [3.63, 3.8) is 0 Å². The number of nitriles is 1. The largest absolute Gasteiger partial charge is 0.510 e. The summed E-state index contributed by atoms with van der Waals surface area (Å²) in [6.07, 6.45) is 0. The van der Waals surface area contributed by atoms with E-state index in [0.29, 0.717) is 16.8 Å². The molecule has 32 heavy (non-hydrogen) atoms. The van der Waals surface area contributed by atoms with E-state index < -0.39 is 0 Å². The van der Waals surface area contributed by atoms with E-state index >= 15 is 0 Å². The molecule has 0 saturated heterocycles. The molecule has 2 aromatic heterocycles. The number of rotatable bonds is 5. The Balaban J connectivity index is 1.53. The molecule has 4 aromatic rings. The molecule has 4 rings (SSSR count). The molecular weight excluding hydrogens is 422 g/mol.